The summed E-state index contributed by atoms with van der Waals surface area (Å²) in [5.74, 6) is -0.969. The lowest BCUT2D eigenvalue weighted by Crippen LogP contribution is -2.21. The Morgan fingerprint density at radius 3 is 2.20 bits per heavy atom. The molecule has 1 unspecified atom stereocenters. The molecular formula is C15H22N2O3. The third-order valence-electron chi connectivity index (χ3n) is 3.32. The van der Waals surface area contributed by atoms with Crippen molar-refractivity contribution in [1.82, 2.24) is 0 Å². The van der Waals surface area contributed by atoms with Crippen LogP contribution >= 0.6 is 0 Å². The molecule has 0 radical (unpaired) electrons. The molecule has 0 saturated carbocycles. The molecule has 0 fully saturated rings. The Hall–Kier alpha value is -1.88. The van der Waals surface area contributed by atoms with Gasteiger partial charge in [0.25, 0.3) is 0 Å². The summed E-state index contributed by atoms with van der Waals surface area (Å²) in [7, 11) is 0. The molecule has 1 rings (SSSR count). The zero-order valence-electron chi connectivity index (χ0n) is 11.5. The quantitative estimate of drug-likeness (QED) is 0.590. The van der Waals surface area contributed by atoms with Crippen molar-refractivity contribution in [2.24, 2.45) is 11.5 Å². The average Bonchev–Trinajstić information content (AvgIpc) is 2.42. The Labute approximate surface area is 119 Å². The van der Waals surface area contributed by atoms with Crippen LogP contribution in [0.3, 0.4) is 0 Å². The second-order valence-corrected chi connectivity index (χ2v) is 4.92. The normalized spacial score (nSPS) is 12.1. The molecule has 5 N–H and O–H groups in total. The van der Waals surface area contributed by atoms with E-state index in [1.807, 2.05) is 12.1 Å². The fourth-order valence-electron chi connectivity index (χ4n) is 2.15. The minimum absolute atomic E-state index is 0.0192. The predicted molar refractivity (Wildman–Crippen MR) is 76.6 cm³/mol. The minimum Gasteiger partial charge on any atom is -0.392 e. The highest BCUT2D eigenvalue weighted by Gasteiger charge is 2.17. The van der Waals surface area contributed by atoms with Crippen LogP contribution in [-0.4, -0.2) is 16.9 Å². The predicted octanol–water partition coefficient (Wildman–Crippen LogP) is 1.18. The number of nitrogens with two attached hydrogens (primary N) is 2. The van der Waals surface area contributed by atoms with Gasteiger partial charge in [-0.2, -0.15) is 0 Å². The van der Waals surface area contributed by atoms with E-state index in [2.05, 4.69) is 0 Å². The number of hydrogen-bond acceptors (Lipinski definition) is 3. The summed E-state index contributed by atoms with van der Waals surface area (Å²) >= 11 is 0. The highest BCUT2D eigenvalue weighted by atomic mass is 16.3. The first-order chi connectivity index (χ1) is 9.54. The summed E-state index contributed by atoms with van der Waals surface area (Å²) in [6.45, 7) is -0.0192. The SMILES string of the molecule is NC(=O)CCCCCC(C(N)=O)c1ccc(CO)cc1. The molecule has 0 heterocycles. The third kappa shape index (κ3) is 5.40. The Bertz CT molecular complexity index is 443. The summed E-state index contributed by atoms with van der Waals surface area (Å²) < 4.78 is 0. The van der Waals surface area contributed by atoms with Gasteiger partial charge in [-0.05, 0) is 24.0 Å². The van der Waals surface area contributed by atoms with E-state index >= 15 is 0 Å². The first kappa shape index (κ1) is 16.2. The van der Waals surface area contributed by atoms with Crippen molar-refractivity contribution >= 4 is 11.8 Å². The lowest BCUT2D eigenvalue weighted by atomic mass is 9.92. The highest BCUT2D eigenvalue weighted by Crippen LogP contribution is 2.23. The molecule has 0 aliphatic rings. The molecule has 0 aromatic heterocycles. The minimum atomic E-state index is -0.350. The maximum Gasteiger partial charge on any atom is 0.224 e. The molecule has 0 bridgehead atoms. The molecule has 5 nitrogen and oxygen atoms in total. The second kappa shape index (κ2) is 8.32. The van der Waals surface area contributed by atoms with E-state index in [1.165, 1.54) is 0 Å². The van der Waals surface area contributed by atoms with Gasteiger partial charge in [-0.3, -0.25) is 9.59 Å². The van der Waals surface area contributed by atoms with Crippen molar-refractivity contribution < 1.29 is 14.7 Å². The van der Waals surface area contributed by atoms with Crippen LogP contribution < -0.4 is 11.5 Å². The Morgan fingerprint density at radius 2 is 1.70 bits per heavy atom. The molecule has 0 spiro atoms. The summed E-state index contributed by atoms with van der Waals surface area (Å²) in [6.07, 6.45) is 3.45. The summed E-state index contributed by atoms with van der Waals surface area (Å²) in [5, 5.41) is 8.99. The first-order valence-electron chi connectivity index (χ1n) is 6.82. The van der Waals surface area contributed by atoms with Gasteiger partial charge in [0.1, 0.15) is 0 Å². The number of aliphatic hydroxyl groups excluding tert-OH is 1. The van der Waals surface area contributed by atoms with Gasteiger partial charge >= 0.3 is 0 Å². The van der Waals surface area contributed by atoms with Crippen molar-refractivity contribution in [1.29, 1.82) is 0 Å². The van der Waals surface area contributed by atoms with Gasteiger partial charge in [-0.1, -0.05) is 37.1 Å². The number of aliphatic hydroxyl groups is 1. The van der Waals surface area contributed by atoms with E-state index in [4.69, 9.17) is 16.6 Å². The first-order valence-corrected chi connectivity index (χ1v) is 6.82. The fourth-order valence-corrected chi connectivity index (χ4v) is 2.15. The number of rotatable bonds is 9. The van der Waals surface area contributed by atoms with E-state index in [-0.39, 0.29) is 24.3 Å². The summed E-state index contributed by atoms with van der Waals surface area (Å²) in [5.41, 5.74) is 12.2. The van der Waals surface area contributed by atoms with E-state index in [1.54, 1.807) is 12.1 Å². The van der Waals surface area contributed by atoms with Crippen LogP contribution in [0.4, 0.5) is 0 Å². The Kier molecular flexibility index (Phi) is 6.73. The van der Waals surface area contributed by atoms with Gasteiger partial charge in [0, 0.05) is 6.42 Å². The van der Waals surface area contributed by atoms with Crippen molar-refractivity contribution in [3.8, 4) is 0 Å². The molecule has 1 atom stereocenters. The number of carbonyl (C=O) groups excluding carboxylic acids is 2. The number of primary amides is 2. The standard InChI is InChI=1S/C15H22N2O3/c16-14(19)5-3-1-2-4-13(15(17)20)12-8-6-11(10-18)7-9-12/h6-9,13,18H,1-5,10H2,(H2,16,19)(H2,17,20). The smallest absolute Gasteiger partial charge is 0.224 e. The van der Waals surface area contributed by atoms with Crippen LogP contribution in [0.15, 0.2) is 24.3 Å². The topological polar surface area (TPSA) is 106 Å². The second-order valence-electron chi connectivity index (χ2n) is 4.92. The van der Waals surface area contributed by atoms with Gasteiger partial charge < -0.3 is 16.6 Å². The monoisotopic (exact) mass is 278 g/mol. The van der Waals surface area contributed by atoms with E-state index < -0.39 is 0 Å². The van der Waals surface area contributed by atoms with Gasteiger partial charge in [-0.15, -0.1) is 0 Å². The molecule has 20 heavy (non-hydrogen) atoms. The average molecular weight is 278 g/mol. The lowest BCUT2D eigenvalue weighted by molar-refractivity contribution is -0.120. The molecule has 2 amide bonds. The number of amides is 2. The van der Waals surface area contributed by atoms with Crippen LogP contribution in [0.5, 0.6) is 0 Å². The number of unbranched alkanes of at least 4 members (excludes halogenated alkanes) is 2. The van der Waals surface area contributed by atoms with E-state index in [0.717, 1.165) is 30.4 Å². The Balaban J connectivity index is 2.51. The van der Waals surface area contributed by atoms with Crippen molar-refractivity contribution in [3.63, 3.8) is 0 Å². The van der Waals surface area contributed by atoms with Gasteiger partial charge in [0.15, 0.2) is 0 Å². The van der Waals surface area contributed by atoms with Gasteiger partial charge in [0.05, 0.1) is 12.5 Å². The lowest BCUT2D eigenvalue weighted by Gasteiger charge is -2.14. The van der Waals surface area contributed by atoms with Crippen LogP contribution in [-0.2, 0) is 16.2 Å². The van der Waals surface area contributed by atoms with Crippen LogP contribution in [0.25, 0.3) is 0 Å². The Morgan fingerprint density at radius 1 is 1.05 bits per heavy atom. The maximum absolute atomic E-state index is 11.5. The van der Waals surface area contributed by atoms with Crippen LogP contribution in [0.1, 0.15) is 49.1 Å². The largest absolute Gasteiger partial charge is 0.392 e. The maximum atomic E-state index is 11.5. The molecule has 1 aromatic carbocycles. The molecule has 1 aromatic rings. The van der Waals surface area contributed by atoms with Crippen LogP contribution in [0, 0.1) is 0 Å². The summed E-state index contributed by atoms with van der Waals surface area (Å²) in [6, 6.07) is 7.23. The third-order valence-corrected chi connectivity index (χ3v) is 3.32. The number of carbonyl (C=O) groups is 2. The molecule has 0 saturated heterocycles. The fraction of sp³-hybridized carbons (Fsp3) is 0.467. The van der Waals surface area contributed by atoms with Crippen molar-refractivity contribution in [3.05, 3.63) is 35.4 Å². The van der Waals surface area contributed by atoms with E-state index in [0.29, 0.717) is 12.8 Å². The van der Waals surface area contributed by atoms with Gasteiger partial charge in [0.2, 0.25) is 11.8 Å². The zero-order valence-corrected chi connectivity index (χ0v) is 11.5. The molecule has 0 aliphatic heterocycles. The van der Waals surface area contributed by atoms with Crippen molar-refractivity contribution in [2.75, 3.05) is 0 Å². The molecule has 0 aliphatic carbocycles. The van der Waals surface area contributed by atoms with Crippen LogP contribution in [0.2, 0.25) is 0 Å². The highest BCUT2D eigenvalue weighted by molar-refractivity contribution is 5.81. The molecule has 5 heteroatoms. The van der Waals surface area contributed by atoms with E-state index in [9.17, 15) is 9.59 Å². The number of hydrogen-bond donors (Lipinski definition) is 3. The molecule has 110 valence electrons. The molecular weight excluding hydrogens is 256 g/mol. The van der Waals surface area contributed by atoms with Gasteiger partial charge in [-0.25, -0.2) is 0 Å². The zero-order chi connectivity index (χ0) is 15.0. The number of benzene rings is 1. The van der Waals surface area contributed by atoms with Crippen molar-refractivity contribution in [2.45, 2.75) is 44.6 Å². The summed E-state index contributed by atoms with van der Waals surface area (Å²) in [4.78, 5) is 22.1.